The van der Waals surface area contributed by atoms with E-state index in [1.807, 2.05) is 0 Å². The fourth-order valence-electron chi connectivity index (χ4n) is 1.32. The largest absolute Gasteiger partial charge is 0.481 e. The van der Waals surface area contributed by atoms with Crippen LogP contribution in [0.15, 0.2) is 49.9 Å². The molecule has 0 saturated carbocycles. The Balaban J connectivity index is 1.80. The maximum absolute atomic E-state index is 5.43. The Bertz CT molecular complexity index is 668. The van der Waals surface area contributed by atoms with Crippen molar-refractivity contribution in [2.75, 3.05) is 7.11 Å². The van der Waals surface area contributed by atoms with Crippen molar-refractivity contribution in [3.63, 3.8) is 0 Å². The van der Waals surface area contributed by atoms with E-state index in [4.69, 9.17) is 13.6 Å². The Morgan fingerprint density at radius 2 is 2.21 bits per heavy atom. The minimum atomic E-state index is 0.315. The maximum Gasteiger partial charge on any atom is 0.284 e. The molecule has 0 aliphatic heterocycles. The van der Waals surface area contributed by atoms with E-state index in [1.54, 1.807) is 31.5 Å². The summed E-state index contributed by atoms with van der Waals surface area (Å²) >= 11 is 1.15. The monoisotopic (exact) mass is 276 g/mol. The number of hydrogen-bond donors (Lipinski definition) is 0. The normalized spacial score (nSPS) is 10.6. The first-order chi connectivity index (χ1) is 9.35. The van der Waals surface area contributed by atoms with Gasteiger partial charge < -0.3 is 13.6 Å². The molecule has 0 fully saturated rings. The molecule has 0 N–H and O–H groups in total. The SMILES string of the molecule is COc1ccnc(Sc2nnc(-c3ccco3)o2)n1. The molecule has 3 heterocycles. The molecule has 0 aromatic carbocycles. The molecule has 0 saturated heterocycles. The van der Waals surface area contributed by atoms with Crippen LogP contribution in [-0.2, 0) is 0 Å². The first-order valence-corrected chi connectivity index (χ1v) is 6.09. The second kappa shape index (κ2) is 5.11. The topological polar surface area (TPSA) is 87.1 Å². The zero-order valence-electron chi connectivity index (χ0n) is 9.81. The zero-order chi connectivity index (χ0) is 13.1. The highest BCUT2D eigenvalue weighted by Gasteiger charge is 2.13. The van der Waals surface area contributed by atoms with E-state index in [-0.39, 0.29) is 0 Å². The molecule has 0 bridgehead atoms. The third kappa shape index (κ3) is 2.58. The summed E-state index contributed by atoms with van der Waals surface area (Å²) in [5.41, 5.74) is 0. The standard InChI is InChI=1S/C11H8N4O3S/c1-16-8-4-5-12-10(13-8)19-11-15-14-9(18-11)7-3-2-6-17-7/h2-6H,1H3. The molecule has 0 atom stereocenters. The Morgan fingerprint density at radius 3 is 3.00 bits per heavy atom. The van der Waals surface area contributed by atoms with Crippen molar-refractivity contribution >= 4 is 11.8 Å². The molecule has 19 heavy (non-hydrogen) atoms. The van der Waals surface area contributed by atoms with Crippen LogP contribution in [-0.4, -0.2) is 27.3 Å². The van der Waals surface area contributed by atoms with Gasteiger partial charge in [0, 0.05) is 24.0 Å². The van der Waals surface area contributed by atoms with E-state index in [1.165, 1.54) is 6.26 Å². The molecular weight excluding hydrogens is 268 g/mol. The lowest BCUT2D eigenvalue weighted by atomic mass is 10.5. The van der Waals surface area contributed by atoms with Crippen molar-refractivity contribution in [2.24, 2.45) is 0 Å². The number of methoxy groups -OCH3 is 1. The highest BCUT2D eigenvalue weighted by Crippen LogP contribution is 2.27. The lowest BCUT2D eigenvalue weighted by molar-refractivity contribution is 0.392. The van der Waals surface area contributed by atoms with Gasteiger partial charge in [-0.1, -0.05) is 0 Å². The van der Waals surface area contributed by atoms with Gasteiger partial charge in [0.05, 0.1) is 13.4 Å². The molecule has 0 amide bonds. The maximum atomic E-state index is 5.43. The van der Waals surface area contributed by atoms with Crippen LogP contribution < -0.4 is 4.74 Å². The number of furan rings is 1. The minimum Gasteiger partial charge on any atom is -0.481 e. The molecule has 0 unspecified atom stereocenters. The van der Waals surface area contributed by atoms with Gasteiger partial charge in [0.25, 0.3) is 11.1 Å². The van der Waals surface area contributed by atoms with Crippen LogP contribution in [0.4, 0.5) is 0 Å². The van der Waals surface area contributed by atoms with Gasteiger partial charge in [-0.05, 0) is 12.1 Å². The molecule has 3 aromatic heterocycles. The highest BCUT2D eigenvalue weighted by atomic mass is 32.2. The van der Waals surface area contributed by atoms with E-state index in [0.29, 0.717) is 27.9 Å². The first-order valence-electron chi connectivity index (χ1n) is 5.27. The van der Waals surface area contributed by atoms with E-state index in [2.05, 4.69) is 20.2 Å². The van der Waals surface area contributed by atoms with Crippen LogP contribution in [0.3, 0.4) is 0 Å². The Labute approximate surface area is 112 Å². The molecule has 0 radical (unpaired) electrons. The second-order valence-corrected chi connectivity index (χ2v) is 4.25. The number of hydrogen-bond acceptors (Lipinski definition) is 8. The molecular formula is C11H8N4O3S. The number of ether oxygens (including phenoxy) is 1. The summed E-state index contributed by atoms with van der Waals surface area (Å²) in [5.74, 6) is 1.31. The van der Waals surface area contributed by atoms with Gasteiger partial charge in [-0.3, -0.25) is 0 Å². The molecule has 7 nitrogen and oxygen atoms in total. The predicted octanol–water partition coefficient (Wildman–Crippen LogP) is 2.28. The summed E-state index contributed by atoms with van der Waals surface area (Å²) in [6.07, 6.45) is 3.13. The number of aromatic nitrogens is 4. The Morgan fingerprint density at radius 1 is 1.26 bits per heavy atom. The summed E-state index contributed by atoms with van der Waals surface area (Å²) in [6.45, 7) is 0. The first kappa shape index (κ1) is 11.7. The van der Waals surface area contributed by atoms with Crippen LogP contribution in [0.1, 0.15) is 0 Å². The summed E-state index contributed by atoms with van der Waals surface area (Å²) in [4.78, 5) is 8.21. The van der Waals surface area contributed by atoms with E-state index < -0.39 is 0 Å². The van der Waals surface area contributed by atoms with Crippen molar-refractivity contribution in [1.29, 1.82) is 0 Å². The minimum absolute atomic E-state index is 0.315. The molecule has 96 valence electrons. The summed E-state index contributed by atoms with van der Waals surface area (Å²) in [6, 6.07) is 5.15. The predicted molar refractivity (Wildman–Crippen MR) is 64.7 cm³/mol. The van der Waals surface area contributed by atoms with Gasteiger partial charge in [0.15, 0.2) is 10.9 Å². The summed E-state index contributed by atoms with van der Waals surface area (Å²) in [5, 5.41) is 8.57. The van der Waals surface area contributed by atoms with Gasteiger partial charge in [0.1, 0.15) is 0 Å². The van der Waals surface area contributed by atoms with Crippen molar-refractivity contribution in [2.45, 2.75) is 10.4 Å². The van der Waals surface area contributed by atoms with Gasteiger partial charge in [0.2, 0.25) is 5.88 Å². The lowest BCUT2D eigenvalue weighted by Gasteiger charge is -1.98. The third-order valence-corrected chi connectivity index (χ3v) is 2.85. The van der Waals surface area contributed by atoms with Crippen molar-refractivity contribution < 1.29 is 13.6 Å². The highest BCUT2D eigenvalue weighted by molar-refractivity contribution is 7.98. The van der Waals surface area contributed by atoms with Crippen molar-refractivity contribution in [3.8, 4) is 17.5 Å². The summed E-state index contributed by atoms with van der Waals surface area (Å²) < 4.78 is 15.6. The number of rotatable bonds is 4. The number of nitrogens with zero attached hydrogens (tertiary/aromatic N) is 4. The van der Waals surface area contributed by atoms with E-state index in [0.717, 1.165) is 11.8 Å². The second-order valence-electron chi connectivity index (χ2n) is 3.33. The van der Waals surface area contributed by atoms with Crippen LogP contribution >= 0.6 is 11.8 Å². The van der Waals surface area contributed by atoms with Crippen LogP contribution in [0, 0.1) is 0 Å². The molecule has 8 heteroatoms. The van der Waals surface area contributed by atoms with Crippen LogP contribution in [0.2, 0.25) is 0 Å². The van der Waals surface area contributed by atoms with Crippen molar-refractivity contribution in [1.82, 2.24) is 20.2 Å². The van der Waals surface area contributed by atoms with Gasteiger partial charge >= 0.3 is 0 Å². The van der Waals surface area contributed by atoms with E-state index >= 15 is 0 Å². The van der Waals surface area contributed by atoms with Crippen LogP contribution in [0.25, 0.3) is 11.7 Å². The zero-order valence-corrected chi connectivity index (χ0v) is 10.6. The van der Waals surface area contributed by atoms with Crippen LogP contribution in [0.5, 0.6) is 5.88 Å². The molecule has 0 aliphatic rings. The van der Waals surface area contributed by atoms with Gasteiger partial charge in [-0.2, -0.15) is 4.98 Å². The average Bonchev–Trinajstić information content (AvgIpc) is 3.09. The lowest BCUT2D eigenvalue weighted by Crippen LogP contribution is -1.90. The van der Waals surface area contributed by atoms with Gasteiger partial charge in [-0.25, -0.2) is 4.98 Å². The molecule has 0 spiro atoms. The smallest absolute Gasteiger partial charge is 0.284 e. The van der Waals surface area contributed by atoms with Gasteiger partial charge in [-0.15, -0.1) is 10.2 Å². The average molecular weight is 276 g/mol. The molecule has 0 aliphatic carbocycles. The van der Waals surface area contributed by atoms with E-state index in [9.17, 15) is 0 Å². The molecule has 3 aromatic rings. The molecule has 3 rings (SSSR count). The third-order valence-electron chi connectivity index (χ3n) is 2.13. The van der Waals surface area contributed by atoms with Crippen molar-refractivity contribution in [3.05, 3.63) is 30.7 Å². The quantitative estimate of drug-likeness (QED) is 0.671. The fourth-order valence-corrected chi connectivity index (χ4v) is 1.92. The fraction of sp³-hybridized carbons (Fsp3) is 0.0909. The Kier molecular flexibility index (Phi) is 3.15. The summed E-state index contributed by atoms with van der Waals surface area (Å²) in [7, 11) is 1.54. The Hall–Kier alpha value is -2.35.